The molecule has 0 aliphatic heterocycles. The van der Waals surface area contributed by atoms with Crippen molar-refractivity contribution in [3.8, 4) is 5.75 Å². The van der Waals surface area contributed by atoms with Crippen molar-refractivity contribution in [2.75, 3.05) is 27.3 Å². The summed E-state index contributed by atoms with van der Waals surface area (Å²) in [5.41, 5.74) is 0.838. The lowest BCUT2D eigenvalue weighted by atomic mass is 9.82. The molecule has 1 aliphatic rings. The molecule has 1 saturated carbocycles. The lowest BCUT2D eigenvalue weighted by Crippen LogP contribution is -2.37. The molecule has 0 heterocycles. The molecule has 1 aromatic carbocycles. The van der Waals surface area contributed by atoms with Crippen LogP contribution in [-0.4, -0.2) is 38.5 Å². The Bertz CT molecular complexity index is 391. The van der Waals surface area contributed by atoms with Crippen LogP contribution in [0.2, 0.25) is 0 Å². The van der Waals surface area contributed by atoms with Gasteiger partial charge in [0.2, 0.25) is 0 Å². The highest BCUT2D eigenvalue weighted by Crippen LogP contribution is 2.30. The van der Waals surface area contributed by atoms with Crippen molar-refractivity contribution in [3.05, 3.63) is 29.8 Å². The minimum Gasteiger partial charge on any atom is -0.497 e. The molecule has 1 atom stereocenters. The smallest absolute Gasteiger partial charge is 0.119 e. The van der Waals surface area contributed by atoms with Gasteiger partial charge in [0.1, 0.15) is 11.9 Å². The van der Waals surface area contributed by atoms with Crippen molar-refractivity contribution >= 4 is 0 Å². The van der Waals surface area contributed by atoms with Gasteiger partial charge in [0.15, 0.2) is 0 Å². The standard InChI is InChI=1S/C15H23NO3/c1-16-9-11-6-14(7-11)19-10-15(17)12-4-3-5-13(8-12)18-2/h3-5,8,11,14-17H,6-7,9-10H2,1-2H3. The summed E-state index contributed by atoms with van der Waals surface area (Å²) in [7, 11) is 3.60. The van der Waals surface area contributed by atoms with Crippen LogP contribution in [0.3, 0.4) is 0 Å². The summed E-state index contributed by atoms with van der Waals surface area (Å²) in [6.07, 6.45) is 1.90. The van der Waals surface area contributed by atoms with E-state index >= 15 is 0 Å². The zero-order valence-corrected chi connectivity index (χ0v) is 11.6. The fourth-order valence-corrected chi connectivity index (χ4v) is 2.44. The predicted octanol–water partition coefficient (Wildman–Crippen LogP) is 1.74. The summed E-state index contributed by atoms with van der Waals surface area (Å²) in [4.78, 5) is 0. The number of hydrogen-bond acceptors (Lipinski definition) is 4. The molecule has 4 heteroatoms. The van der Waals surface area contributed by atoms with Gasteiger partial charge in [0.25, 0.3) is 0 Å². The van der Waals surface area contributed by atoms with Crippen LogP contribution in [0.5, 0.6) is 5.75 Å². The van der Waals surface area contributed by atoms with Gasteiger partial charge < -0.3 is 19.9 Å². The first-order valence-electron chi connectivity index (χ1n) is 6.81. The van der Waals surface area contributed by atoms with E-state index in [1.807, 2.05) is 31.3 Å². The van der Waals surface area contributed by atoms with E-state index in [9.17, 15) is 5.11 Å². The molecule has 0 saturated heterocycles. The van der Waals surface area contributed by atoms with Crippen molar-refractivity contribution in [3.63, 3.8) is 0 Å². The minimum absolute atomic E-state index is 0.304. The number of hydrogen-bond donors (Lipinski definition) is 2. The molecule has 1 fully saturated rings. The van der Waals surface area contributed by atoms with E-state index < -0.39 is 6.10 Å². The third kappa shape index (κ3) is 3.93. The van der Waals surface area contributed by atoms with Gasteiger partial charge in [-0.05, 0) is 50.0 Å². The summed E-state index contributed by atoms with van der Waals surface area (Å²) < 4.78 is 10.9. The van der Waals surface area contributed by atoms with Gasteiger partial charge in [-0.3, -0.25) is 0 Å². The largest absolute Gasteiger partial charge is 0.497 e. The molecule has 19 heavy (non-hydrogen) atoms. The van der Waals surface area contributed by atoms with Crippen LogP contribution in [-0.2, 0) is 4.74 Å². The quantitative estimate of drug-likeness (QED) is 0.788. The first-order chi connectivity index (χ1) is 9.22. The molecular weight excluding hydrogens is 242 g/mol. The number of aliphatic hydroxyl groups is 1. The second-order valence-corrected chi connectivity index (χ2v) is 5.14. The van der Waals surface area contributed by atoms with E-state index in [0.29, 0.717) is 12.7 Å². The molecular formula is C15H23NO3. The van der Waals surface area contributed by atoms with E-state index in [2.05, 4.69) is 5.32 Å². The molecule has 1 unspecified atom stereocenters. The van der Waals surface area contributed by atoms with Gasteiger partial charge in [-0.15, -0.1) is 0 Å². The second-order valence-electron chi connectivity index (χ2n) is 5.14. The average molecular weight is 265 g/mol. The highest BCUT2D eigenvalue weighted by atomic mass is 16.5. The molecule has 1 aromatic rings. The van der Waals surface area contributed by atoms with Crippen molar-refractivity contribution in [1.29, 1.82) is 0 Å². The topological polar surface area (TPSA) is 50.7 Å². The molecule has 0 amide bonds. The van der Waals surface area contributed by atoms with Crippen molar-refractivity contribution < 1.29 is 14.6 Å². The summed E-state index contributed by atoms with van der Waals surface area (Å²) in [5.74, 6) is 1.48. The lowest BCUT2D eigenvalue weighted by Gasteiger charge is -2.35. The van der Waals surface area contributed by atoms with Crippen LogP contribution in [0.1, 0.15) is 24.5 Å². The molecule has 0 aromatic heterocycles. The van der Waals surface area contributed by atoms with Gasteiger partial charge in [0, 0.05) is 0 Å². The van der Waals surface area contributed by atoms with Crippen LogP contribution in [0, 0.1) is 5.92 Å². The zero-order valence-electron chi connectivity index (χ0n) is 11.6. The van der Waals surface area contributed by atoms with Crippen molar-refractivity contribution in [1.82, 2.24) is 5.32 Å². The summed E-state index contributed by atoms with van der Waals surface area (Å²) in [6.45, 7) is 1.41. The third-order valence-corrected chi connectivity index (χ3v) is 3.65. The first kappa shape index (κ1) is 14.3. The number of rotatable bonds is 7. The van der Waals surface area contributed by atoms with Crippen LogP contribution in [0.25, 0.3) is 0 Å². The highest BCUT2D eigenvalue weighted by molar-refractivity contribution is 5.29. The van der Waals surface area contributed by atoms with Crippen molar-refractivity contribution in [2.45, 2.75) is 25.0 Å². The zero-order chi connectivity index (χ0) is 13.7. The number of nitrogens with one attached hydrogen (secondary N) is 1. The maximum Gasteiger partial charge on any atom is 0.119 e. The number of methoxy groups -OCH3 is 1. The Morgan fingerprint density at radius 3 is 2.89 bits per heavy atom. The average Bonchev–Trinajstić information content (AvgIpc) is 2.41. The number of aliphatic hydroxyl groups excluding tert-OH is 1. The maximum absolute atomic E-state index is 10.1. The Labute approximate surface area is 114 Å². The van der Waals surface area contributed by atoms with Crippen LogP contribution < -0.4 is 10.1 Å². The summed E-state index contributed by atoms with van der Waals surface area (Å²) in [6, 6.07) is 7.48. The van der Waals surface area contributed by atoms with E-state index in [-0.39, 0.29) is 0 Å². The lowest BCUT2D eigenvalue weighted by molar-refractivity contribution is -0.0643. The second kappa shape index (κ2) is 6.89. The highest BCUT2D eigenvalue weighted by Gasteiger charge is 2.29. The Hall–Kier alpha value is -1.10. The molecule has 106 valence electrons. The first-order valence-corrected chi connectivity index (χ1v) is 6.81. The Morgan fingerprint density at radius 2 is 2.21 bits per heavy atom. The van der Waals surface area contributed by atoms with E-state index in [1.54, 1.807) is 7.11 Å². The minimum atomic E-state index is -0.585. The molecule has 0 spiro atoms. The SMILES string of the molecule is CNCC1CC(OCC(O)c2cccc(OC)c2)C1. The Balaban J connectivity index is 1.74. The normalized spacial score (nSPS) is 23.7. The Morgan fingerprint density at radius 1 is 1.42 bits per heavy atom. The van der Waals surface area contributed by atoms with Gasteiger partial charge >= 0.3 is 0 Å². The Kier molecular flexibility index (Phi) is 5.19. The van der Waals surface area contributed by atoms with E-state index in [0.717, 1.165) is 36.6 Å². The van der Waals surface area contributed by atoms with Crippen LogP contribution in [0.15, 0.2) is 24.3 Å². The van der Waals surface area contributed by atoms with Gasteiger partial charge in [0.05, 0.1) is 19.8 Å². The van der Waals surface area contributed by atoms with Gasteiger partial charge in [-0.2, -0.15) is 0 Å². The maximum atomic E-state index is 10.1. The monoisotopic (exact) mass is 265 g/mol. The third-order valence-electron chi connectivity index (χ3n) is 3.65. The molecule has 2 rings (SSSR count). The molecule has 2 N–H and O–H groups in total. The predicted molar refractivity (Wildman–Crippen MR) is 74.3 cm³/mol. The summed E-state index contributed by atoms with van der Waals surface area (Å²) >= 11 is 0. The van der Waals surface area contributed by atoms with Crippen LogP contribution >= 0.6 is 0 Å². The molecule has 0 bridgehead atoms. The van der Waals surface area contributed by atoms with Gasteiger partial charge in [-0.1, -0.05) is 12.1 Å². The van der Waals surface area contributed by atoms with Crippen molar-refractivity contribution in [2.24, 2.45) is 5.92 Å². The fourth-order valence-electron chi connectivity index (χ4n) is 2.44. The van der Waals surface area contributed by atoms with E-state index in [1.165, 1.54) is 0 Å². The number of benzene rings is 1. The molecule has 4 nitrogen and oxygen atoms in total. The fraction of sp³-hybridized carbons (Fsp3) is 0.600. The van der Waals surface area contributed by atoms with Crippen LogP contribution in [0.4, 0.5) is 0 Å². The van der Waals surface area contributed by atoms with E-state index in [4.69, 9.17) is 9.47 Å². The molecule has 0 radical (unpaired) electrons. The molecule has 1 aliphatic carbocycles. The van der Waals surface area contributed by atoms with Gasteiger partial charge in [-0.25, -0.2) is 0 Å². The summed E-state index contributed by atoms with van der Waals surface area (Å²) in [5, 5.41) is 13.3. The number of ether oxygens (including phenoxy) is 2.